The van der Waals surface area contributed by atoms with Gasteiger partial charge in [0.2, 0.25) is 11.8 Å². The molecule has 2 aromatic rings. The summed E-state index contributed by atoms with van der Waals surface area (Å²) in [5.41, 5.74) is 5.52. The van der Waals surface area contributed by atoms with Crippen LogP contribution in [0.1, 0.15) is 22.3 Å². The van der Waals surface area contributed by atoms with Crippen molar-refractivity contribution < 1.29 is 9.59 Å². The van der Waals surface area contributed by atoms with E-state index in [1.165, 1.54) is 11.1 Å². The van der Waals surface area contributed by atoms with E-state index >= 15 is 0 Å². The van der Waals surface area contributed by atoms with Gasteiger partial charge in [0.15, 0.2) is 0 Å². The molecule has 2 amide bonds. The molecule has 166 valence electrons. The van der Waals surface area contributed by atoms with Crippen LogP contribution in [-0.2, 0) is 16.1 Å². The van der Waals surface area contributed by atoms with Crippen molar-refractivity contribution in [3.63, 3.8) is 0 Å². The Morgan fingerprint density at radius 3 is 2.23 bits per heavy atom. The quantitative estimate of drug-likeness (QED) is 0.746. The van der Waals surface area contributed by atoms with Crippen LogP contribution in [0.5, 0.6) is 0 Å². The summed E-state index contributed by atoms with van der Waals surface area (Å²) < 4.78 is 0. The summed E-state index contributed by atoms with van der Waals surface area (Å²) in [6.07, 6.45) is 0. The second-order valence-corrected chi connectivity index (χ2v) is 8.63. The van der Waals surface area contributed by atoms with Gasteiger partial charge in [-0.25, -0.2) is 0 Å². The smallest absolute Gasteiger partial charge is 0.238 e. The van der Waals surface area contributed by atoms with E-state index < -0.39 is 0 Å². The monoisotopic (exact) mass is 422 g/mol. The lowest BCUT2D eigenvalue weighted by Crippen LogP contribution is -2.51. The fourth-order valence-electron chi connectivity index (χ4n) is 4.05. The fourth-order valence-corrected chi connectivity index (χ4v) is 4.05. The van der Waals surface area contributed by atoms with E-state index in [4.69, 9.17) is 0 Å². The Labute approximate surface area is 185 Å². The van der Waals surface area contributed by atoms with E-state index in [2.05, 4.69) is 41.4 Å². The largest absolute Gasteiger partial charge is 0.339 e. The van der Waals surface area contributed by atoms with Gasteiger partial charge in [-0.3, -0.25) is 19.4 Å². The Balaban J connectivity index is 1.42. The van der Waals surface area contributed by atoms with Crippen LogP contribution < -0.4 is 5.32 Å². The number of nitrogens with one attached hydrogen (secondary N) is 1. The number of hydrogen-bond donors (Lipinski definition) is 1. The van der Waals surface area contributed by atoms with Gasteiger partial charge in [-0.2, -0.15) is 0 Å². The van der Waals surface area contributed by atoms with E-state index in [1.54, 1.807) is 4.90 Å². The number of nitrogens with zero attached hydrogens (tertiary/aromatic N) is 3. The SMILES string of the molecule is Cc1cccc(CN2CCN(C(=O)CN(C)CC(=O)Nc3c(C)cccc3C)CC2)c1. The minimum absolute atomic E-state index is 0.0811. The molecule has 0 spiro atoms. The zero-order valence-electron chi connectivity index (χ0n) is 19.1. The maximum absolute atomic E-state index is 12.7. The van der Waals surface area contributed by atoms with Crippen LogP contribution in [0.25, 0.3) is 0 Å². The number of para-hydroxylation sites is 1. The van der Waals surface area contributed by atoms with Crippen LogP contribution >= 0.6 is 0 Å². The molecule has 1 aliphatic rings. The average molecular weight is 423 g/mol. The Bertz CT molecular complexity index is 899. The number of anilines is 1. The van der Waals surface area contributed by atoms with Crippen LogP contribution in [0, 0.1) is 20.8 Å². The second-order valence-electron chi connectivity index (χ2n) is 8.63. The molecule has 0 saturated carbocycles. The summed E-state index contributed by atoms with van der Waals surface area (Å²) in [7, 11) is 1.82. The molecule has 0 aliphatic carbocycles. The van der Waals surface area contributed by atoms with Crippen LogP contribution in [-0.4, -0.2) is 72.8 Å². The Kier molecular flexibility index (Phi) is 7.82. The van der Waals surface area contributed by atoms with Crippen molar-refractivity contribution in [2.45, 2.75) is 27.3 Å². The predicted molar refractivity (Wildman–Crippen MR) is 125 cm³/mol. The molecule has 1 saturated heterocycles. The highest BCUT2D eigenvalue weighted by molar-refractivity contribution is 5.94. The van der Waals surface area contributed by atoms with Gasteiger partial charge in [-0.1, -0.05) is 48.0 Å². The molecule has 0 aromatic heterocycles. The number of piperazine rings is 1. The summed E-state index contributed by atoms with van der Waals surface area (Å²) in [5.74, 6) is -0.0201. The first-order valence-electron chi connectivity index (χ1n) is 10.9. The molecular formula is C25H34N4O2. The van der Waals surface area contributed by atoms with Gasteiger partial charge < -0.3 is 10.2 Å². The van der Waals surface area contributed by atoms with Crippen molar-refractivity contribution in [2.75, 3.05) is 51.6 Å². The minimum Gasteiger partial charge on any atom is -0.339 e. The molecule has 0 atom stereocenters. The predicted octanol–water partition coefficient (Wildman–Crippen LogP) is 2.83. The summed E-state index contributed by atoms with van der Waals surface area (Å²) in [6.45, 7) is 10.6. The van der Waals surface area contributed by atoms with Crippen LogP contribution in [0.3, 0.4) is 0 Å². The fraction of sp³-hybridized carbons (Fsp3) is 0.440. The molecule has 1 fully saturated rings. The number of hydrogen-bond acceptors (Lipinski definition) is 4. The van der Waals surface area contributed by atoms with Crippen LogP contribution in [0.2, 0.25) is 0 Å². The number of carbonyl (C=O) groups excluding carboxylic acids is 2. The standard InChI is InChI=1S/C25H34N4O2/c1-19-7-5-10-22(15-19)16-28-11-13-29(14-12-28)24(31)18-27(4)17-23(30)26-25-20(2)8-6-9-21(25)3/h5-10,15H,11-14,16-18H2,1-4H3,(H,26,30). The molecule has 0 radical (unpaired) electrons. The van der Waals surface area contributed by atoms with Gasteiger partial charge in [0.05, 0.1) is 13.1 Å². The maximum Gasteiger partial charge on any atom is 0.238 e. The molecule has 6 heteroatoms. The van der Waals surface area contributed by atoms with Gasteiger partial charge in [0.25, 0.3) is 0 Å². The Hall–Kier alpha value is -2.70. The molecule has 0 bridgehead atoms. The molecule has 31 heavy (non-hydrogen) atoms. The van der Waals surface area contributed by atoms with Crippen molar-refractivity contribution >= 4 is 17.5 Å². The average Bonchev–Trinajstić information content (AvgIpc) is 2.71. The normalized spacial score (nSPS) is 14.7. The molecule has 3 rings (SSSR count). The topological polar surface area (TPSA) is 55.9 Å². The van der Waals surface area contributed by atoms with Crippen molar-refractivity contribution in [1.29, 1.82) is 0 Å². The summed E-state index contributed by atoms with van der Waals surface area (Å²) in [4.78, 5) is 31.2. The van der Waals surface area contributed by atoms with E-state index in [1.807, 2.05) is 44.0 Å². The Morgan fingerprint density at radius 1 is 0.935 bits per heavy atom. The zero-order valence-corrected chi connectivity index (χ0v) is 19.1. The van der Waals surface area contributed by atoms with E-state index in [0.717, 1.165) is 49.5 Å². The van der Waals surface area contributed by atoms with Gasteiger partial charge in [0, 0.05) is 38.4 Å². The molecule has 1 aliphatic heterocycles. The van der Waals surface area contributed by atoms with Gasteiger partial charge in [-0.15, -0.1) is 0 Å². The highest BCUT2D eigenvalue weighted by atomic mass is 16.2. The number of amides is 2. The third-order valence-corrected chi connectivity index (χ3v) is 5.78. The van der Waals surface area contributed by atoms with Crippen molar-refractivity contribution in [1.82, 2.24) is 14.7 Å². The molecule has 0 unspecified atom stereocenters. The third-order valence-electron chi connectivity index (χ3n) is 5.78. The van der Waals surface area contributed by atoms with E-state index in [-0.39, 0.29) is 24.9 Å². The molecule has 1 heterocycles. The van der Waals surface area contributed by atoms with Crippen molar-refractivity contribution in [3.8, 4) is 0 Å². The lowest BCUT2D eigenvalue weighted by Gasteiger charge is -2.35. The highest BCUT2D eigenvalue weighted by Crippen LogP contribution is 2.19. The van der Waals surface area contributed by atoms with Crippen LogP contribution in [0.15, 0.2) is 42.5 Å². The van der Waals surface area contributed by atoms with Crippen molar-refractivity contribution in [2.24, 2.45) is 0 Å². The lowest BCUT2D eigenvalue weighted by molar-refractivity contribution is -0.134. The van der Waals surface area contributed by atoms with Gasteiger partial charge in [0.1, 0.15) is 0 Å². The van der Waals surface area contributed by atoms with Gasteiger partial charge in [-0.05, 0) is 44.5 Å². The van der Waals surface area contributed by atoms with Gasteiger partial charge >= 0.3 is 0 Å². The summed E-state index contributed by atoms with van der Waals surface area (Å²) >= 11 is 0. The number of benzene rings is 2. The van der Waals surface area contributed by atoms with E-state index in [9.17, 15) is 9.59 Å². The number of carbonyl (C=O) groups is 2. The molecule has 1 N–H and O–H groups in total. The molecule has 2 aromatic carbocycles. The first-order chi connectivity index (χ1) is 14.8. The summed E-state index contributed by atoms with van der Waals surface area (Å²) in [6, 6.07) is 14.5. The lowest BCUT2D eigenvalue weighted by atomic mass is 10.1. The Morgan fingerprint density at radius 2 is 1.58 bits per heavy atom. The summed E-state index contributed by atoms with van der Waals surface area (Å²) in [5, 5.41) is 2.98. The first kappa shape index (κ1) is 23.0. The third kappa shape index (κ3) is 6.64. The number of likely N-dealkylation sites (N-methyl/N-ethyl adjacent to an activating group) is 1. The number of rotatable bonds is 7. The minimum atomic E-state index is -0.101. The van der Waals surface area contributed by atoms with E-state index in [0.29, 0.717) is 0 Å². The molecule has 6 nitrogen and oxygen atoms in total. The van der Waals surface area contributed by atoms with Crippen molar-refractivity contribution in [3.05, 3.63) is 64.7 Å². The second kappa shape index (κ2) is 10.6. The van der Waals surface area contributed by atoms with Crippen LogP contribution in [0.4, 0.5) is 5.69 Å². The first-order valence-corrected chi connectivity index (χ1v) is 10.9. The maximum atomic E-state index is 12.7. The zero-order chi connectivity index (χ0) is 22.4. The molecular weight excluding hydrogens is 388 g/mol. The highest BCUT2D eigenvalue weighted by Gasteiger charge is 2.22. The number of aryl methyl sites for hydroxylation is 3.